The topological polar surface area (TPSA) is 70.1 Å². The minimum Gasteiger partial charge on any atom is -0.391 e. The summed E-state index contributed by atoms with van der Waals surface area (Å²) in [5.41, 5.74) is 0. The van der Waals surface area contributed by atoms with Gasteiger partial charge in [0, 0.05) is 25.6 Å². The number of nitrogens with one attached hydrogen (secondary N) is 2. The number of anilines is 2. The summed E-state index contributed by atoms with van der Waals surface area (Å²) in [4.78, 5) is 8.88. The normalized spacial score (nSPS) is 16.2. The first-order chi connectivity index (χ1) is 9.22. The smallest absolute Gasteiger partial charge is 0.132 e. The molecule has 1 saturated carbocycles. The van der Waals surface area contributed by atoms with Gasteiger partial charge < -0.3 is 15.7 Å². The molecule has 0 radical (unpaired) electrons. The van der Waals surface area contributed by atoms with E-state index >= 15 is 0 Å². The highest BCUT2D eigenvalue weighted by Crippen LogP contribution is 2.32. The Balaban J connectivity index is 1.96. The molecule has 1 unspecified atom stereocenters. The van der Waals surface area contributed by atoms with Gasteiger partial charge in [-0.05, 0) is 25.2 Å². The second-order valence-electron chi connectivity index (χ2n) is 5.12. The van der Waals surface area contributed by atoms with Crippen molar-refractivity contribution in [3.05, 3.63) is 11.9 Å². The van der Waals surface area contributed by atoms with Crippen LogP contribution in [0.4, 0.5) is 11.6 Å². The van der Waals surface area contributed by atoms with E-state index in [1.807, 2.05) is 13.0 Å². The predicted molar refractivity (Wildman–Crippen MR) is 77.4 cm³/mol. The molecule has 0 bridgehead atoms. The van der Waals surface area contributed by atoms with E-state index in [0.717, 1.165) is 49.7 Å². The molecule has 0 aliphatic heterocycles. The summed E-state index contributed by atoms with van der Waals surface area (Å²) < 4.78 is 0. The van der Waals surface area contributed by atoms with Gasteiger partial charge in [-0.3, -0.25) is 0 Å². The fourth-order valence-corrected chi connectivity index (χ4v) is 1.95. The van der Waals surface area contributed by atoms with Crippen LogP contribution in [0.5, 0.6) is 0 Å². The lowest BCUT2D eigenvalue weighted by Gasteiger charge is -2.13. The van der Waals surface area contributed by atoms with Crippen LogP contribution in [-0.2, 0) is 6.42 Å². The Kier molecular flexibility index (Phi) is 4.96. The number of aliphatic hydroxyl groups excluding tert-OH is 1. The minimum absolute atomic E-state index is 0.257. The largest absolute Gasteiger partial charge is 0.391 e. The van der Waals surface area contributed by atoms with Gasteiger partial charge in [-0.1, -0.05) is 13.8 Å². The van der Waals surface area contributed by atoms with Crippen molar-refractivity contribution in [2.24, 2.45) is 5.92 Å². The first-order valence-electron chi connectivity index (χ1n) is 7.26. The third-order valence-electron chi connectivity index (χ3n) is 3.30. The van der Waals surface area contributed by atoms with E-state index in [-0.39, 0.29) is 6.10 Å². The van der Waals surface area contributed by atoms with E-state index in [1.165, 1.54) is 0 Å². The molecular formula is C14H24N4O. The zero-order chi connectivity index (χ0) is 13.7. The molecule has 1 fully saturated rings. The molecule has 0 aromatic carbocycles. The highest BCUT2D eigenvalue weighted by Gasteiger charge is 2.29. The molecule has 106 valence electrons. The van der Waals surface area contributed by atoms with Crippen molar-refractivity contribution in [3.63, 3.8) is 0 Å². The average molecular weight is 264 g/mol. The van der Waals surface area contributed by atoms with Crippen molar-refractivity contribution in [1.29, 1.82) is 0 Å². The molecule has 1 aliphatic rings. The molecular weight excluding hydrogens is 240 g/mol. The SMILES string of the molecule is CCCNc1cc(NCC(O)C2CC2)nc(CC)n1. The Morgan fingerprint density at radius 3 is 2.53 bits per heavy atom. The summed E-state index contributed by atoms with van der Waals surface area (Å²) in [6.07, 6.45) is 3.91. The van der Waals surface area contributed by atoms with Crippen LogP contribution in [0.3, 0.4) is 0 Å². The van der Waals surface area contributed by atoms with Gasteiger partial charge in [-0.15, -0.1) is 0 Å². The van der Waals surface area contributed by atoms with Crippen molar-refractivity contribution in [2.75, 3.05) is 23.7 Å². The van der Waals surface area contributed by atoms with Gasteiger partial charge in [-0.2, -0.15) is 0 Å². The van der Waals surface area contributed by atoms with Gasteiger partial charge in [0.2, 0.25) is 0 Å². The predicted octanol–water partition coefficient (Wildman–Crippen LogP) is 2.04. The van der Waals surface area contributed by atoms with Crippen LogP contribution < -0.4 is 10.6 Å². The van der Waals surface area contributed by atoms with Crippen LogP contribution in [0.25, 0.3) is 0 Å². The first kappa shape index (κ1) is 14.1. The second-order valence-corrected chi connectivity index (χ2v) is 5.12. The molecule has 1 atom stereocenters. The lowest BCUT2D eigenvalue weighted by molar-refractivity contribution is 0.164. The Morgan fingerprint density at radius 2 is 1.95 bits per heavy atom. The summed E-state index contributed by atoms with van der Waals surface area (Å²) in [5.74, 6) is 2.96. The van der Waals surface area contributed by atoms with Crippen molar-refractivity contribution in [1.82, 2.24) is 9.97 Å². The maximum atomic E-state index is 9.87. The summed E-state index contributed by atoms with van der Waals surface area (Å²) in [6.45, 7) is 5.64. The van der Waals surface area contributed by atoms with E-state index in [4.69, 9.17) is 0 Å². The summed E-state index contributed by atoms with van der Waals surface area (Å²) in [6, 6.07) is 1.91. The molecule has 0 spiro atoms. The molecule has 2 rings (SSSR count). The lowest BCUT2D eigenvalue weighted by atomic mass is 10.2. The van der Waals surface area contributed by atoms with Crippen LogP contribution in [0, 0.1) is 5.92 Å². The van der Waals surface area contributed by atoms with Gasteiger partial charge in [0.25, 0.3) is 0 Å². The maximum Gasteiger partial charge on any atom is 0.132 e. The summed E-state index contributed by atoms with van der Waals surface area (Å²) >= 11 is 0. The standard InChI is InChI=1S/C14H24N4O/c1-3-7-15-13-8-14(18-12(4-2)17-13)16-9-11(19)10-5-6-10/h8,10-11,19H,3-7,9H2,1-2H3,(H2,15,16,17,18). The molecule has 0 saturated heterocycles. The van der Waals surface area contributed by atoms with Crippen molar-refractivity contribution in [3.8, 4) is 0 Å². The van der Waals surface area contributed by atoms with Crippen molar-refractivity contribution in [2.45, 2.75) is 45.6 Å². The number of hydrogen-bond acceptors (Lipinski definition) is 5. The van der Waals surface area contributed by atoms with Crippen LogP contribution in [0.2, 0.25) is 0 Å². The van der Waals surface area contributed by atoms with Crippen LogP contribution in [-0.4, -0.2) is 34.3 Å². The Hall–Kier alpha value is -1.36. The Morgan fingerprint density at radius 1 is 1.26 bits per heavy atom. The van der Waals surface area contributed by atoms with Gasteiger partial charge in [0.1, 0.15) is 17.5 Å². The van der Waals surface area contributed by atoms with E-state index in [9.17, 15) is 5.11 Å². The van der Waals surface area contributed by atoms with Gasteiger partial charge in [0.15, 0.2) is 0 Å². The third-order valence-corrected chi connectivity index (χ3v) is 3.30. The monoisotopic (exact) mass is 264 g/mol. The van der Waals surface area contributed by atoms with E-state index in [0.29, 0.717) is 12.5 Å². The maximum absolute atomic E-state index is 9.87. The van der Waals surface area contributed by atoms with Crippen LogP contribution in [0.15, 0.2) is 6.07 Å². The molecule has 5 heteroatoms. The van der Waals surface area contributed by atoms with E-state index in [1.54, 1.807) is 0 Å². The van der Waals surface area contributed by atoms with Crippen molar-refractivity contribution < 1.29 is 5.11 Å². The molecule has 1 aromatic rings. The second kappa shape index (κ2) is 6.70. The van der Waals surface area contributed by atoms with Gasteiger partial charge in [0.05, 0.1) is 6.10 Å². The minimum atomic E-state index is -0.257. The fourth-order valence-electron chi connectivity index (χ4n) is 1.95. The number of aromatic nitrogens is 2. The zero-order valence-corrected chi connectivity index (χ0v) is 11.8. The zero-order valence-electron chi connectivity index (χ0n) is 11.8. The number of aliphatic hydroxyl groups is 1. The lowest BCUT2D eigenvalue weighted by Crippen LogP contribution is -2.22. The Labute approximate surface area is 114 Å². The molecule has 5 nitrogen and oxygen atoms in total. The number of rotatable bonds is 8. The molecule has 1 heterocycles. The summed E-state index contributed by atoms with van der Waals surface area (Å²) in [7, 11) is 0. The highest BCUT2D eigenvalue weighted by atomic mass is 16.3. The highest BCUT2D eigenvalue weighted by molar-refractivity contribution is 5.47. The third kappa shape index (κ3) is 4.35. The quantitative estimate of drug-likeness (QED) is 0.670. The fraction of sp³-hybridized carbons (Fsp3) is 0.714. The number of aryl methyl sites for hydroxylation is 1. The van der Waals surface area contributed by atoms with Crippen molar-refractivity contribution >= 4 is 11.6 Å². The van der Waals surface area contributed by atoms with Crippen LogP contribution in [0.1, 0.15) is 38.9 Å². The molecule has 19 heavy (non-hydrogen) atoms. The molecule has 3 N–H and O–H groups in total. The molecule has 1 aliphatic carbocycles. The molecule has 1 aromatic heterocycles. The van der Waals surface area contributed by atoms with Crippen LogP contribution >= 0.6 is 0 Å². The molecule has 0 amide bonds. The van der Waals surface area contributed by atoms with Gasteiger partial charge >= 0.3 is 0 Å². The van der Waals surface area contributed by atoms with E-state index in [2.05, 4.69) is 27.5 Å². The number of nitrogens with zero attached hydrogens (tertiary/aromatic N) is 2. The van der Waals surface area contributed by atoms with Gasteiger partial charge in [-0.25, -0.2) is 9.97 Å². The Bertz CT molecular complexity index is 406. The average Bonchev–Trinajstić information content (AvgIpc) is 3.26. The first-order valence-corrected chi connectivity index (χ1v) is 7.26. The van der Waals surface area contributed by atoms with E-state index < -0.39 is 0 Å². The number of hydrogen-bond donors (Lipinski definition) is 3. The summed E-state index contributed by atoms with van der Waals surface area (Å²) in [5, 5.41) is 16.4.